The predicted octanol–water partition coefficient (Wildman–Crippen LogP) is 2.02. The van der Waals surface area contributed by atoms with E-state index in [1.165, 1.54) is 0 Å². The number of ether oxygens (including phenoxy) is 2. The van der Waals surface area contributed by atoms with Gasteiger partial charge in [-0.05, 0) is 31.0 Å². The van der Waals surface area contributed by atoms with Gasteiger partial charge in [-0.1, -0.05) is 18.2 Å². The molecule has 2 aromatic rings. The van der Waals surface area contributed by atoms with Crippen molar-refractivity contribution in [2.24, 2.45) is 0 Å². The monoisotopic (exact) mass is 329 g/mol. The van der Waals surface area contributed by atoms with Crippen LogP contribution in [0.4, 0.5) is 0 Å². The lowest BCUT2D eigenvalue weighted by Gasteiger charge is -2.29. The Morgan fingerprint density at radius 2 is 2.17 bits per heavy atom. The number of methoxy groups -OCH3 is 1. The third-order valence-corrected chi connectivity index (χ3v) is 4.38. The first-order valence-corrected chi connectivity index (χ1v) is 8.16. The lowest BCUT2D eigenvalue weighted by Crippen LogP contribution is -2.44. The fourth-order valence-electron chi connectivity index (χ4n) is 3.02. The summed E-state index contributed by atoms with van der Waals surface area (Å²) in [5, 5.41) is 4.32. The number of carbonyl (C=O) groups excluding carboxylic acids is 1. The first-order chi connectivity index (χ1) is 11.7. The Kier molecular flexibility index (Phi) is 5.15. The van der Waals surface area contributed by atoms with Crippen LogP contribution in [0.3, 0.4) is 0 Å². The van der Waals surface area contributed by atoms with E-state index in [9.17, 15) is 4.79 Å². The second-order valence-electron chi connectivity index (χ2n) is 6.02. The van der Waals surface area contributed by atoms with Gasteiger partial charge in [-0.3, -0.25) is 9.48 Å². The fraction of sp³-hybridized carbons (Fsp3) is 0.444. The van der Waals surface area contributed by atoms with Gasteiger partial charge >= 0.3 is 0 Å². The van der Waals surface area contributed by atoms with Crippen LogP contribution < -0.4 is 4.74 Å². The number of para-hydroxylation sites is 1. The summed E-state index contributed by atoms with van der Waals surface area (Å²) in [5.41, 5.74) is 2.06. The molecule has 0 saturated heterocycles. The fourth-order valence-corrected chi connectivity index (χ4v) is 3.02. The number of hydrogen-bond acceptors (Lipinski definition) is 4. The van der Waals surface area contributed by atoms with Crippen molar-refractivity contribution in [2.75, 3.05) is 20.3 Å². The van der Waals surface area contributed by atoms with Gasteiger partial charge < -0.3 is 14.4 Å². The molecule has 6 heteroatoms. The van der Waals surface area contributed by atoms with E-state index >= 15 is 0 Å². The first-order valence-electron chi connectivity index (χ1n) is 8.16. The lowest BCUT2D eigenvalue weighted by atomic mass is 10.2. The van der Waals surface area contributed by atoms with Crippen molar-refractivity contribution in [1.82, 2.24) is 14.7 Å². The van der Waals surface area contributed by atoms with Gasteiger partial charge in [-0.15, -0.1) is 0 Å². The summed E-state index contributed by atoms with van der Waals surface area (Å²) in [5.74, 6) is 0.712. The van der Waals surface area contributed by atoms with Crippen molar-refractivity contribution in [2.45, 2.75) is 32.5 Å². The first kappa shape index (κ1) is 16.5. The Hall–Kier alpha value is -2.34. The van der Waals surface area contributed by atoms with Crippen molar-refractivity contribution in [3.63, 3.8) is 0 Å². The number of carbonyl (C=O) groups is 1. The molecule has 1 aliphatic rings. The van der Waals surface area contributed by atoms with Gasteiger partial charge in [0.2, 0.25) is 0 Å². The van der Waals surface area contributed by atoms with Crippen LogP contribution in [0.15, 0.2) is 36.5 Å². The molecule has 0 N–H and O–H groups in total. The van der Waals surface area contributed by atoms with Crippen LogP contribution in [0.1, 0.15) is 17.7 Å². The summed E-state index contributed by atoms with van der Waals surface area (Å²) in [4.78, 5) is 14.6. The van der Waals surface area contributed by atoms with Crippen molar-refractivity contribution in [1.29, 1.82) is 0 Å². The minimum Gasteiger partial charge on any atom is -0.484 e. The highest BCUT2D eigenvalue weighted by Crippen LogP contribution is 2.20. The van der Waals surface area contributed by atoms with Crippen LogP contribution in [0, 0.1) is 6.92 Å². The highest BCUT2D eigenvalue weighted by molar-refractivity contribution is 5.78. The second kappa shape index (κ2) is 7.49. The quantitative estimate of drug-likeness (QED) is 0.842. The van der Waals surface area contributed by atoms with E-state index in [2.05, 4.69) is 5.10 Å². The van der Waals surface area contributed by atoms with E-state index in [0.717, 1.165) is 30.0 Å². The Bertz CT molecular complexity index is 698. The molecule has 2 heterocycles. The van der Waals surface area contributed by atoms with Gasteiger partial charge in [0.1, 0.15) is 5.75 Å². The minimum atomic E-state index is -0.0325. The number of hydrogen-bond donors (Lipinski definition) is 0. The molecule has 1 aromatic heterocycles. The van der Waals surface area contributed by atoms with E-state index in [4.69, 9.17) is 9.47 Å². The molecule has 1 aromatic carbocycles. The van der Waals surface area contributed by atoms with Gasteiger partial charge in [0.05, 0.1) is 24.9 Å². The van der Waals surface area contributed by atoms with Crippen LogP contribution in [-0.4, -0.2) is 47.0 Å². The number of aromatic nitrogens is 2. The van der Waals surface area contributed by atoms with Crippen molar-refractivity contribution in [3.05, 3.63) is 47.8 Å². The molecular weight excluding hydrogens is 306 g/mol. The summed E-state index contributed by atoms with van der Waals surface area (Å²) in [6, 6.07) is 9.70. The van der Waals surface area contributed by atoms with Crippen molar-refractivity contribution in [3.8, 4) is 5.75 Å². The topological polar surface area (TPSA) is 56.6 Å². The molecule has 6 nitrogen and oxygen atoms in total. The molecule has 128 valence electrons. The molecular formula is C18H23N3O3. The van der Waals surface area contributed by atoms with E-state index in [-0.39, 0.29) is 18.6 Å². The minimum absolute atomic E-state index is 0.0270. The van der Waals surface area contributed by atoms with E-state index in [1.54, 1.807) is 13.3 Å². The molecule has 0 radical (unpaired) electrons. The normalized spacial score (nSPS) is 17.2. The Morgan fingerprint density at radius 1 is 1.33 bits per heavy atom. The largest absolute Gasteiger partial charge is 0.484 e. The van der Waals surface area contributed by atoms with Crippen LogP contribution >= 0.6 is 0 Å². The summed E-state index contributed by atoms with van der Waals surface area (Å²) in [6.45, 7) is 3.83. The average Bonchev–Trinajstić information content (AvgIpc) is 2.96. The van der Waals surface area contributed by atoms with Crippen LogP contribution in [0.5, 0.6) is 5.75 Å². The molecule has 1 amide bonds. The molecule has 0 spiro atoms. The van der Waals surface area contributed by atoms with Gasteiger partial charge in [0.15, 0.2) is 6.61 Å². The third kappa shape index (κ3) is 3.59. The van der Waals surface area contributed by atoms with Crippen LogP contribution in [0.2, 0.25) is 0 Å². The molecule has 0 bridgehead atoms. The number of fused-ring (bicyclic) bond motifs is 1. The van der Waals surface area contributed by atoms with Gasteiger partial charge in [-0.25, -0.2) is 0 Å². The van der Waals surface area contributed by atoms with E-state index in [0.29, 0.717) is 13.2 Å². The summed E-state index contributed by atoms with van der Waals surface area (Å²) in [7, 11) is 1.66. The number of benzene rings is 1. The zero-order chi connectivity index (χ0) is 16.9. The molecule has 0 unspecified atom stereocenters. The van der Waals surface area contributed by atoms with Crippen LogP contribution in [0.25, 0.3) is 0 Å². The third-order valence-electron chi connectivity index (χ3n) is 4.38. The smallest absolute Gasteiger partial charge is 0.261 e. The summed E-state index contributed by atoms with van der Waals surface area (Å²) >= 11 is 0. The number of nitrogens with zero attached hydrogens (tertiary/aromatic N) is 3. The predicted molar refractivity (Wildman–Crippen MR) is 89.7 cm³/mol. The highest BCUT2D eigenvalue weighted by Gasteiger charge is 2.28. The maximum atomic E-state index is 12.8. The Balaban J connectivity index is 1.71. The van der Waals surface area contributed by atoms with Gasteiger partial charge in [-0.2, -0.15) is 5.10 Å². The summed E-state index contributed by atoms with van der Waals surface area (Å²) < 4.78 is 13.0. The highest BCUT2D eigenvalue weighted by atomic mass is 16.5. The average molecular weight is 329 g/mol. The van der Waals surface area contributed by atoms with Gasteiger partial charge in [0, 0.05) is 19.9 Å². The molecule has 0 aliphatic carbocycles. The number of aryl methyl sites for hydroxylation is 2. The molecule has 0 fully saturated rings. The molecule has 3 rings (SSSR count). The SMILES string of the molecule is COC[C@H]1CCn2nccc2CN1C(=O)COc1ccccc1C. The summed E-state index contributed by atoms with van der Waals surface area (Å²) in [6.07, 6.45) is 2.59. The van der Waals surface area contributed by atoms with Crippen molar-refractivity contribution < 1.29 is 14.3 Å². The molecule has 0 saturated carbocycles. The standard InChI is InChI=1S/C18H23N3O3/c1-14-5-3-4-6-17(14)24-13-18(22)20-11-15-7-9-19-21(15)10-8-16(20)12-23-2/h3-7,9,16H,8,10-13H2,1-2H3/t16-/m1/s1. The number of amides is 1. The zero-order valence-corrected chi connectivity index (χ0v) is 14.1. The number of rotatable bonds is 5. The van der Waals surface area contributed by atoms with Crippen molar-refractivity contribution >= 4 is 5.91 Å². The zero-order valence-electron chi connectivity index (χ0n) is 14.1. The molecule has 1 atom stereocenters. The van der Waals surface area contributed by atoms with Crippen LogP contribution in [-0.2, 0) is 22.6 Å². The Morgan fingerprint density at radius 3 is 2.96 bits per heavy atom. The van der Waals surface area contributed by atoms with E-state index in [1.807, 2.05) is 46.8 Å². The Labute approximate surface area is 142 Å². The maximum absolute atomic E-state index is 12.8. The molecule has 24 heavy (non-hydrogen) atoms. The van der Waals surface area contributed by atoms with Gasteiger partial charge in [0.25, 0.3) is 5.91 Å². The maximum Gasteiger partial charge on any atom is 0.261 e. The second-order valence-corrected chi connectivity index (χ2v) is 6.02. The molecule has 1 aliphatic heterocycles. The van der Waals surface area contributed by atoms with E-state index < -0.39 is 0 Å². The lowest BCUT2D eigenvalue weighted by molar-refractivity contribution is -0.137.